The molecule has 0 saturated carbocycles. The van der Waals surface area contributed by atoms with Gasteiger partial charge in [-0.3, -0.25) is 9.52 Å². The first kappa shape index (κ1) is 24.8. The predicted molar refractivity (Wildman–Crippen MR) is 135 cm³/mol. The zero-order valence-electron chi connectivity index (χ0n) is 19.2. The van der Waals surface area contributed by atoms with Gasteiger partial charge in [0.25, 0.3) is 15.9 Å². The van der Waals surface area contributed by atoms with E-state index in [1.807, 2.05) is 30.5 Å². The maximum atomic E-state index is 13.1. The van der Waals surface area contributed by atoms with Crippen LogP contribution >= 0.6 is 11.3 Å². The highest BCUT2D eigenvalue weighted by Gasteiger charge is 2.15. The van der Waals surface area contributed by atoms with Crippen LogP contribution in [-0.2, 0) is 21.3 Å². The summed E-state index contributed by atoms with van der Waals surface area (Å²) in [6.07, 6.45) is 0. The molecule has 0 saturated heterocycles. The number of hydrogen-bond acceptors (Lipinski definition) is 5. The fraction of sp³-hybridized carbons (Fsp3) is 0.200. The minimum absolute atomic E-state index is 0.0642. The molecular formula is C25H24FN3O4S2. The molecule has 1 N–H and O–H groups in total. The van der Waals surface area contributed by atoms with Gasteiger partial charge in [-0.25, -0.2) is 12.8 Å². The lowest BCUT2D eigenvalue weighted by Gasteiger charge is -2.08. The topological polar surface area (TPSA) is 89.8 Å². The minimum atomic E-state index is -3.89. The molecule has 4 aromatic rings. The predicted octanol–water partition coefficient (Wildman–Crippen LogP) is 4.73. The third kappa shape index (κ3) is 5.84. The fourth-order valence-electron chi connectivity index (χ4n) is 3.44. The van der Waals surface area contributed by atoms with E-state index in [1.54, 1.807) is 0 Å². The second-order valence-corrected chi connectivity index (χ2v) is 10.4. The van der Waals surface area contributed by atoms with Crippen LogP contribution in [0.1, 0.15) is 22.8 Å². The number of anilines is 1. The van der Waals surface area contributed by atoms with Crippen LogP contribution in [0, 0.1) is 12.7 Å². The zero-order chi connectivity index (χ0) is 25.0. The summed E-state index contributed by atoms with van der Waals surface area (Å²) in [4.78, 5) is 17.8. The van der Waals surface area contributed by atoms with Crippen LogP contribution in [0.15, 0.2) is 76.6 Å². The summed E-state index contributed by atoms with van der Waals surface area (Å²) in [7, 11) is -3.89. The molecule has 1 aromatic heterocycles. The van der Waals surface area contributed by atoms with Gasteiger partial charge in [-0.15, -0.1) is 0 Å². The Hall–Kier alpha value is -3.34. The number of carbonyl (C=O) groups excluding carboxylic acids is 1. The van der Waals surface area contributed by atoms with Gasteiger partial charge in [-0.1, -0.05) is 17.4 Å². The Bertz CT molecular complexity index is 1520. The molecule has 0 bridgehead atoms. The van der Waals surface area contributed by atoms with Crippen molar-refractivity contribution in [2.24, 2.45) is 4.99 Å². The maximum absolute atomic E-state index is 13.1. The normalized spacial score (nSPS) is 12.3. The van der Waals surface area contributed by atoms with Crippen LogP contribution in [0.4, 0.5) is 10.1 Å². The number of sulfonamides is 1. The van der Waals surface area contributed by atoms with Gasteiger partial charge in [0.1, 0.15) is 5.82 Å². The first-order valence-corrected chi connectivity index (χ1v) is 13.2. The largest absolute Gasteiger partial charge is 0.380 e. The van der Waals surface area contributed by atoms with Crippen molar-refractivity contribution in [1.29, 1.82) is 0 Å². The lowest BCUT2D eigenvalue weighted by molar-refractivity contribution is 0.0996. The lowest BCUT2D eigenvalue weighted by Crippen LogP contribution is -2.19. The van der Waals surface area contributed by atoms with Crippen LogP contribution in [0.2, 0.25) is 0 Å². The van der Waals surface area contributed by atoms with Crippen molar-refractivity contribution in [3.63, 3.8) is 0 Å². The number of halogens is 1. The summed E-state index contributed by atoms with van der Waals surface area (Å²) < 4.78 is 49.0. The van der Waals surface area contributed by atoms with E-state index in [-0.39, 0.29) is 10.6 Å². The summed E-state index contributed by atoms with van der Waals surface area (Å²) in [5.41, 5.74) is 2.69. The molecule has 35 heavy (non-hydrogen) atoms. The van der Waals surface area contributed by atoms with Gasteiger partial charge in [0.05, 0.1) is 21.7 Å². The molecule has 0 fully saturated rings. The standard InChI is InChI=1S/C25H24FN3O4S2/c1-3-33-15-14-29-22-13-4-17(2)16-23(22)34-25(29)27-24(30)18-5-9-20(10-6-18)28-35(31,32)21-11-7-19(26)8-12-21/h4-13,16,28H,3,14-15H2,1-2H3. The maximum Gasteiger partial charge on any atom is 0.279 e. The van der Waals surface area contributed by atoms with Gasteiger partial charge in [0, 0.05) is 24.4 Å². The number of amides is 1. The molecule has 0 unspecified atom stereocenters. The number of aryl methyl sites for hydroxylation is 1. The number of thiazole rings is 1. The molecule has 182 valence electrons. The molecule has 1 amide bonds. The Morgan fingerprint density at radius 1 is 1.09 bits per heavy atom. The summed E-state index contributed by atoms with van der Waals surface area (Å²) in [5, 5.41) is 0. The van der Waals surface area contributed by atoms with Crippen LogP contribution in [0.3, 0.4) is 0 Å². The smallest absolute Gasteiger partial charge is 0.279 e. The fourth-order valence-corrected chi connectivity index (χ4v) is 5.65. The second-order valence-electron chi connectivity index (χ2n) is 7.76. The average Bonchev–Trinajstić information content (AvgIpc) is 3.15. The summed E-state index contributed by atoms with van der Waals surface area (Å²) in [5.74, 6) is -0.963. The quantitative estimate of drug-likeness (QED) is 0.345. The molecule has 4 rings (SSSR count). The molecular weight excluding hydrogens is 489 g/mol. The monoisotopic (exact) mass is 513 g/mol. The number of carbonyl (C=O) groups is 1. The number of rotatable bonds is 8. The Labute approximate surface area is 206 Å². The Morgan fingerprint density at radius 2 is 1.80 bits per heavy atom. The van der Waals surface area contributed by atoms with E-state index >= 15 is 0 Å². The molecule has 0 atom stereocenters. The minimum Gasteiger partial charge on any atom is -0.380 e. The number of fused-ring (bicyclic) bond motifs is 1. The molecule has 10 heteroatoms. The molecule has 0 radical (unpaired) electrons. The van der Waals surface area contributed by atoms with Crippen molar-refractivity contribution < 1.29 is 22.3 Å². The zero-order valence-corrected chi connectivity index (χ0v) is 20.8. The van der Waals surface area contributed by atoms with Crippen molar-refractivity contribution in [3.8, 4) is 0 Å². The molecule has 7 nitrogen and oxygen atoms in total. The summed E-state index contributed by atoms with van der Waals surface area (Å²) in [6, 6.07) is 16.6. The SMILES string of the molecule is CCOCCn1c(=NC(=O)c2ccc(NS(=O)(=O)c3ccc(F)cc3)cc2)sc2cc(C)ccc21. The number of ether oxygens (including phenoxy) is 1. The second kappa shape index (κ2) is 10.5. The number of hydrogen-bond donors (Lipinski definition) is 1. The van der Waals surface area contributed by atoms with Crippen LogP contribution in [0.5, 0.6) is 0 Å². The van der Waals surface area contributed by atoms with Gasteiger partial charge in [-0.05, 0) is 80.1 Å². The van der Waals surface area contributed by atoms with E-state index in [1.165, 1.54) is 47.7 Å². The van der Waals surface area contributed by atoms with Crippen molar-refractivity contribution in [1.82, 2.24) is 4.57 Å². The molecule has 3 aromatic carbocycles. The van der Waals surface area contributed by atoms with Crippen molar-refractivity contribution in [2.45, 2.75) is 25.3 Å². The first-order valence-electron chi connectivity index (χ1n) is 10.9. The van der Waals surface area contributed by atoms with Gasteiger partial charge < -0.3 is 9.30 Å². The highest BCUT2D eigenvalue weighted by Crippen LogP contribution is 2.20. The van der Waals surface area contributed by atoms with Crippen LogP contribution < -0.4 is 9.52 Å². The highest BCUT2D eigenvalue weighted by atomic mass is 32.2. The van der Waals surface area contributed by atoms with Crippen molar-refractivity contribution in [2.75, 3.05) is 17.9 Å². The third-order valence-corrected chi connectivity index (χ3v) is 7.65. The number of aromatic nitrogens is 1. The molecule has 0 spiro atoms. The summed E-state index contributed by atoms with van der Waals surface area (Å²) in [6.45, 7) is 5.60. The third-order valence-electron chi connectivity index (χ3n) is 5.21. The van der Waals surface area contributed by atoms with Crippen LogP contribution in [-0.4, -0.2) is 32.1 Å². The van der Waals surface area contributed by atoms with E-state index in [0.29, 0.717) is 30.1 Å². The highest BCUT2D eigenvalue weighted by molar-refractivity contribution is 7.92. The van der Waals surface area contributed by atoms with Gasteiger partial charge >= 0.3 is 0 Å². The molecule has 0 aliphatic rings. The van der Waals surface area contributed by atoms with E-state index in [9.17, 15) is 17.6 Å². The Balaban J connectivity index is 1.58. The number of benzene rings is 3. The van der Waals surface area contributed by atoms with Crippen molar-refractivity contribution in [3.05, 3.63) is 88.5 Å². The van der Waals surface area contributed by atoms with Gasteiger partial charge in [0.15, 0.2) is 4.80 Å². The Kier molecular flexibility index (Phi) is 7.44. The lowest BCUT2D eigenvalue weighted by atomic mass is 10.2. The number of nitrogens with one attached hydrogen (secondary N) is 1. The van der Waals surface area contributed by atoms with Gasteiger partial charge in [-0.2, -0.15) is 4.99 Å². The molecule has 0 aliphatic heterocycles. The van der Waals surface area contributed by atoms with E-state index in [4.69, 9.17) is 4.74 Å². The van der Waals surface area contributed by atoms with Crippen LogP contribution in [0.25, 0.3) is 10.2 Å². The van der Waals surface area contributed by atoms with E-state index in [2.05, 4.69) is 15.8 Å². The van der Waals surface area contributed by atoms with Gasteiger partial charge in [0.2, 0.25) is 0 Å². The molecule has 0 aliphatic carbocycles. The van der Waals surface area contributed by atoms with Crippen molar-refractivity contribution >= 4 is 43.2 Å². The average molecular weight is 514 g/mol. The van der Waals surface area contributed by atoms with E-state index in [0.717, 1.165) is 27.9 Å². The number of nitrogens with zero attached hydrogens (tertiary/aromatic N) is 2. The first-order chi connectivity index (χ1) is 16.8. The Morgan fingerprint density at radius 3 is 2.49 bits per heavy atom. The van der Waals surface area contributed by atoms with E-state index < -0.39 is 21.7 Å². The molecule has 1 heterocycles. The summed E-state index contributed by atoms with van der Waals surface area (Å²) >= 11 is 1.43.